The smallest absolute Gasteiger partial charge is 0.400 e. The second-order valence-electron chi connectivity index (χ2n) is 6.47. The summed E-state index contributed by atoms with van der Waals surface area (Å²) in [5.74, 6) is -3.28. The van der Waals surface area contributed by atoms with Crippen LogP contribution in [-0.4, -0.2) is 56.5 Å². The number of nitrogens with zero attached hydrogens (tertiary/aromatic N) is 3. The molecule has 1 aromatic rings. The van der Waals surface area contributed by atoms with Crippen molar-refractivity contribution in [3.8, 4) is 0 Å². The number of hydrogen-bond acceptors (Lipinski definition) is 9. The normalized spacial score (nSPS) is 29.9. The minimum Gasteiger partial charge on any atom is -0.400 e. The lowest BCUT2D eigenvalue weighted by Gasteiger charge is -2.37. The third-order valence-electron chi connectivity index (χ3n) is 4.88. The van der Waals surface area contributed by atoms with E-state index in [-0.39, 0.29) is 17.6 Å². The lowest BCUT2D eigenvalue weighted by atomic mass is 9.88. The van der Waals surface area contributed by atoms with Gasteiger partial charge in [-0.1, -0.05) is 0 Å². The summed E-state index contributed by atoms with van der Waals surface area (Å²) in [7, 11) is 0. The number of thioether (sulfide) groups is 1. The molecular formula is C14H14F3N3O4S2. The molecule has 7 nitrogen and oxygen atoms in total. The number of alkyl halides is 3. The Labute approximate surface area is 154 Å². The number of esters is 2. The van der Waals surface area contributed by atoms with E-state index in [1.54, 1.807) is 4.90 Å². The number of ether oxygens (including phenoxy) is 2. The molecular weight excluding hydrogens is 395 g/mol. The Bertz CT molecular complexity index is 725. The van der Waals surface area contributed by atoms with Gasteiger partial charge in [0.2, 0.25) is 0 Å². The van der Waals surface area contributed by atoms with Gasteiger partial charge in [-0.05, 0) is 12.3 Å². The van der Waals surface area contributed by atoms with Gasteiger partial charge in [-0.15, -0.1) is 11.8 Å². The fourth-order valence-corrected chi connectivity index (χ4v) is 5.44. The van der Waals surface area contributed by atoms with Crippen LogP contribution in [0.3, 0.4) is 0 Å². The molecule has 0 saturated carbocycles. The molecule has 4 heterocycles. The molecule has 3 unspecified atom stereocenters. The van der Waals surface area contributed by atoms with Crippen LogP contribution < -0.4 is 0 Å². The van der Waals surface area contributed by atoms with Crippen molar-refractivity contribution in [3.63, 3.8) is 0 Å². The van der Waals surface area contributed by atoms with Crippen molar-refractivity contribution in [2.24, 2.45) is 5.92 Å². The van der Waals surface area contributed by atoms with Crippen molar-refractivity contribution in [3.05, 3.63) is 5.69 Å². The maximum atomic E-state index is 12.4. The topological polar surface area (TPSA) is 81.6 Å². The second kappa shape index (κ2) is 6.34. The number of carbonyl (C=O) groups is 2. The summed E-state index contributed by atoms with van der Waals surface area (Å²) >= 11 is 2.03. The Morgan fingerprint density at radius 1 is 1.23 bits per heavy atom. The first-order chi connectivity index (χ1) is 12.3. The molecule has 3 aliphatic rings. The fourth-order valence-electron chi connectivity index (χ4n) is 3.68. The lowest BCUT2D eigenvalue weighted by molar-refractivity contribution is -0.257. The predicted molar refractivity (Wildman–Crippen MR) is 83.3 cm³/mol. The number of carbonyl (C=O) groups excluding carboxylic acids is 2. The zero-order valence-corrected chi connectivity index (χ0v) is 15.0. The molecule has 4 rings (SSSR count). The molecule has 3 atom stereocenters. The molecule has 1 aromatic heterocycles. The maximum Gasteiger partial charge on any atom is 0.421 e. The highest BCUT2D eigenvalue weighted by molar-refractivity contribution is 7.99. The van der Waals surface area contributed by atoms with E-state index in [9.17, 15) is 22.8 Å². The maximum absolute atomic E-state index is 12.4. The summed E-state index contributed by atoms with van der Waals surface area (Å²) in [4.78, 5) is 24.7. The number of fused-ring (bicyclic) bond motifs is 3. The van der Waals surface area contributed by atoms with E-state index >= 15 is 0 Å². The van der Waals surface area contributed by atoms with Crippen LogP contribution in [0.4, 0.5) is 13.2 Å². The Morgan fingerprint density at radius 2 is 1.96 bits per heavy atom. The molecule has 0 aromatic carbocycles. The molecule has 142 valence electrons. The number of hydrogen-bond donors (Lipinski definition) is 0. The summed E-state index contributed by atoms with van der Waals surface area (Å²) in [6, 6.07) is 0. The van der Waals surface area contributed by atoms with Crippen LogP contribution in [0.15, 0.2) is 5.03 Å². The van der Waals surface area contributed by atoms with Gasteiger partial charge in [0.15, 0.2) is 0 Å². The molecule has 2 bridgehead atoms. The van der Waals surface area contributed by atoms with Crippen molar-refractivity contribution in [1.29, 1.82) is 0 Å². The van der Waals surface area contributed by atoms with E-state index in [1.807, 2.05) is 0 Å². The van der Waals surface area contributed by atoms with Crippen LogP contribution in [-0.2, 0) is 19.1 Å². The number of halogens is 3. The molecule has 3 aliphatic heterocycles. The Hall–Kier alpha value is -1.40. The molecule has 0 amide bonds. The monoisotopic (exact) mass is 409 g/mol. The summed E-state index contributed by atoms with van der Waals surface area (Å²) in [5, 5.41) is 0.521. The summed E-state index contributed by atoms with van der Waals surface area (Å²) in [6.07, 6.45) is -4.05. The van der Waals surface area contributed by atoms with E-state index in [0.717, 1.165) is 23.5 Å². The average molecular weight is 409 g/mol. The zero-order chi connectivity index (χ0) is 18.5. The average Bonchev–Trinajstić information content (AvgIpc) is 3.21. The van der Waals surface area contributed by atoms with Gasteiger partial charge in [-0.3, -0.25) is 0 Å². The van der Waals surface area contributed by atoms with Crippen molar-refractivity contribution in [1.82, 2.24) is 13.6 Å². The van der Waals surface area contributed by atoms with Crippen LogP contribution in [0.2, 0.25) is 0 Å². The largest absolute Gasteiger partial charge is 0.421 e. The molecule has 3 fully saturated rings. The summed E-state index contributed by atoms with van der Waals surface area (Å²) < 4.78 is 55.9. The SMILES string of the molecule is O=C1OC2(CCC3CN2CC3c2nsnc2SCCC(F)(F)F)OC1=O. The van der Waals surface area contributed by atoms with Crippen molar-refractivity contribution >= 4 is 35.4 Å². The zero-order valence-electron chi connectivity index (χ0n) is 13.3. The van der Waals surface area contributed by atoms with Gasteiger partial charge in [-0.2, -0.15) is 21.9 Å². The van der Waals surface area contributed by atoms with E-state index in [1.165, 1.54) is 0 Å². The fraction of sp³-hybridized carbons (Fsp3) is 0.714. The first kappa shape index (κ1) is 18.0. The third-order valence-corrected chi connectivity index (χ3v) is 6.52. The summed E-state index contributed by atoms with van der Waals surface area (Å²) in [5.41, 5.74) is 0.683. The van der Waals surface area contributed by atoms with Crippen molar-refractivity contribution in [2.45, 2.75) is 42.3 Å². The molecule has 26 heavy (non-hydrogen) atoms. The Morgan fingerprint density at radius 3 is 2.65 bits per heavy atom. The van der Waals surface area contributed by atoms with E-state index < -0.39 is 30.4 Å². The van der Waals surface area contributed by atoms with Gasteiger partial charge in [-0.25, -0.2) is 14.5 Å². The number of aromatic nitrogens is 2. The van der Waals surface area contributed by atoms with E-state index in [4.69, 9.17) is 9.47 Å². The highest BCUT2D eigenvalue weighted by atomic mass is 32.2. The quantitative estimate of drug-likeness (QED) is 0.425. The highest BCUT2D eigenvalue weighted by Crippen LogP contribution is 2.48. The molecule has 1 spiro atoms. The van der Waals surface area contributed by atoms with E-state index in [0.29, 0.717) is 36.7 Å². The highest BCUT2D eigenvalue weighted by Gasteiger charge is 2.59. The van der Waals surface area contributed by atoms with Gasteiger partial charge >= 0.3 is 24.0 Å². The number of rotatable bonds is 4. The molecule has 3 saturated heterocycles. The number of piperidine rings is 1. The Kier molecular flexibility index (Phi) is 4.39. The van der Waals surface area contributed by atoms with E-state index in [2.05, 4.69) is 8.75 Å². The standard InChI is InChI=1S/C14H14F3N3O4S2/c15-13(16,17)3-4-25-10-9(18-26-19-10)8-6-20-5-7(8)1-2-14(20)23-11(21)12(22)24-14/h7-8H,1-6H2. The van der Waals surface area contributed by atoms with Crippen molar-refractivity contribution < 1.29 is 32.2 Å². The van der Waals surface area contributed by atoms with Crippen LogP contribution in [0, 0.1) is 5.92 Å². The first-order valence-electron chi connectivity index (χ1n) is 8.01. The Balaban J connectivity index is 1.47. The minimum atomic E-state index is -4.20. The van der Waals surface area contributed by atoms with Crippen LogP contribution in [0.25, 0.3) is 0 Å². The van der Waals surface area contributed by atoms with Gasteiger partial charge < -0.3 is 9.47 Å². The van der Waals surface area contributed by atoms with Crippen molar-refractivity contribution in [2.75, 3.05) is 18.8 Å². The van der Waals surface area contributed by atoms with Gasteiger partial charge in [0.1, 0.15) is 5.03 Å². The first-order valence-corrected chi connectivity index (χ1v) is 9.72. The summed E-state index contributed by atoms with van der Waals surface area (Å²) in [6.45, 7) is 1.01. The van der Waals surface area contributed by atoms with Gasteiger partial charge in [0, 0.05) is 31.2 Å². The second-order valence-corrected chi connectivity index (χ2v) is 8.08. The molecule has 0 radical (unpaired) electrons. The van der Waals surface area contributed by atoms with Crippen LogP contribution in [0.1, 0.15) is 30.9 Å². The van der Waals surface area contributed by atoms with Gasteiger partial charge in [0.25, 0.3) is 0 Å². The lowest BCUT2D eigenvalue weighted by Crippen LogP contribution is -2.51. The van der Waals surface area contributed by atoms with Crippen LogP contribution >= 0.6 is 23.5 Å². The molecule has 0 N–H and O–H groups in total. The predicted octanol–water partition coefficient (Wildman–Crippen LogP) is 2.15. The minimum absolute atomic E-state index is 0.0421. The molecule has 0 aliphatic carbocycles. The van der Waals surface area contributed by atoms with Crippen LogP contribution in [0.5, 0.6) is 0 Å². The molecule has 12 heteroatoms. The third kappa shape index (κ3) is 3.18. The van der Waals surface area contributed by atoms with Gasteiger partial charge in [0.05, 0.1) is 23.8 Å².